The van der Waals surface area contributed by atoms with Gasteiger partial charge in [-0.3, -0.25) is 15.0 Å². The number of anilines is 2. The molecule has 0 spiro atoms. The van der Waals surface area contributed by atoms with Crippen LogP contribution in [-0.2, 0) is 12.0 Å². The first-order valence-corrected chi connectivity index (χ1v) is 10.8. The Balaban J connectivity index is 1.40. The smallest absolute Gasteiger partial charge is 0.326 e. The van der Waals surface area contributed by atoms with Crippen LogP contribution in [0, 0.1) is 5.82 Å². The second-order valence-corrected chi connectivity index (χ2v) is 8.74. The summed E-state index contributed by atoms with van der Waals surface area (Å²) in [6.07, 6.45) is 4.96. The number of nitrogens with zero attached hydrogens (tertiary/aromatic N) is 4. The second-order valence-electron chi connectivity index (χ2n) is 8.74. The Morgan fingerprint density at radius 2 is 1.97 bits per heavy atom. The molecular formula is C24H25FN6O4. The van der Waals surface area contributed by atoms with Gasteiger partial charge in [0.1, 0.15) is 17.3 Å². The van der Waals surface area contributed by atoms with E-state index in [-0.39, 0.29) is 29.3 Å². The molecule has 182 valence electrons. The maximum absolute atomic E-state index is 14.6. The average molecular weight is 481 g/mol. The van der Waals surface area contributed by atoms with Gasteiger partial charge in [0.2, 0.25) is 5.88 Å². The van der Waals surface area contributed by atoms with Crippen LogP contribution in [0.2, 0.25) is 0 Å². The Morgan fingerprint density at radius 1 is 1.17 bits per heavy atom. The summed E-state index contributed by atoms with van der Waals surface area (Å²) in [6.45, 7) is 6.26. The fourth-order valence-corrected chi connectivity index (χ4v) is 3.10. The molecule has 0 saturated heterocycles. The molecule has 0 bridgehead atoms. The molecule has 4 aromatic rings. The largest absolute Gasteiger partial charge is 0.457 e. The lowest BCUT2D eigenvalue weighted by atomic mass is 9.92. The molecule has 3 aromatic heterocycles. The number of aliphatic hydroxyl groups is 1. The van der Waals surface area contributed by atoms with Crippen molar-refractivity contribution in [3.05, 3.63) is 66.5 Å². The molecule has 10 nitrogen and oxygen atoms in total. The minimum atomic E-state index is -0.676. The van der Waals surface area contributed by atoms with Crippen molar-refractivity contribution >= 4 is 17.6 Å². The van der Waals surface area contributed by atoms with Crippen molar-refractivity contribution in [2.45, 2.75) is 32.7 Å². The zero-order valence-corrected chi connectivity index (χ0v) is 19.4. The lowest BCUT2D eigenvalue weighted by Crippen LogP contribution is -2.19. The summed E-state index contributed by atoms with van der Waals surface area (Å²) >= 11 is 0. The van der Waals surface area contributed by atoms with Crippen LogP contribution in [0.15, 0.2) is 59.5 Å². The maximum Gasteiger partial charge on any atom is 0.326 e. The summed E-state index contributed by atoms with van der Waals surface area (Å²) in [5.41, 5.74) is 1.78. The van der Waals surface area contributed by atoms with E-state index in [2.05, 4.69) is 25.9 Å². The van der Waals surface area contributed by atoms with Crippen LogP contribution in [0.4, 0.5) is 20.8 Å². The summed E-state index contributed by atoms with van der Waals surface area (Å²) in [5.74, 6) is 0.169. The Labute approximate surface area is 200 Å². The van der Waals surface area contributed by atoms with E-state index in [9.17, 15) is 9.18 Å². The quantitative estimate of drug-likeness (QED) is 0.347. The Kier molecular flexibility index (Phi) is 6.78. The van der Waals surface area contributed by atoms with Crippen LogP contribution in [0.3, 0.4) is 0 Å². The molecule has 11 heteroatoms. The van der Waals surface area contributed by atoms with Crippen LogP contribution in [-0.4, -0.2) is 37.7 Å². The number of ether oxygens (including phenoxy) is 1. The monoisotopic (exact) mass is 480 g/mol. The van der Waals surface area contributed by atoms with Gasteiger partial charge in [-0.25, -0.2) is 9.18 Å². The van der Waals surface area contributed by atoms with Crippen LogP contribution in [0.5, 0.6) is 11.5 Å². The summed E-state index contributed by atoms with van der Waals surface area (Å²) in [5, 5.41) is 22.0. The van der Waals surface area contributed by atoms with Gasteiger partial charge in [-0.1, -0.05) is 25.9 Å². The van der Waals surface area contributed by atoms with Crippen molar-refractivity contribution < 1.29 is 23.6 Å². The number of nitrogens with one attached hydrogen (secondary N) is 2. The molecular weight excluding hydrogens is 455 g/mol. The first-order valence-electron chi connectivity index (χ1n) is 10.8. The van der Waals surface area contributed by atoms with E-state index in [1.165, 1.54) is 18.2 Å². The highest BCUT2D eigenvalue weighted by Crippen LogP contribution is 2.28. The highest BCUT2D eigenvalue weighted by molar-refractivity contribution is 5.99. The molecule has 0 aliphatic heterocycles. The number of amides is 2. The van der Waals surface area contributed by atoms with Gasteiger partial charge in [-0.2, -0.15) is 5.10 Å². The number of hydrogen-bond acceptors (Lipinski definition) is 7. The van der Waals surface area contributed by atoms with Gasteiger partial charge in [-0.05, 0) is 18.2 Å². The third kappa shape index (κ3) is 6.01. The molecule has 0 radical (unpaired) electrons. The van der Waals surface area contributed by atoms with E-state index in [0.717, 1.165) is 5.56 Å². The van der Waals surface area contributed by atoms with Crippen molar-refractivity contribution in [2.24, 2.45) is 0 Å². The standard InChI is InChI=1S/C24H25FN6O4/c1-24(2,3)21-12-22(35-30-21)29-23(33)28-19-5-4-16(10-18(19)25)34-17-6-7-26-20(11-17)15-13-27-31(14-15)8-9-32/h4-7,10-14,32H,8-9H2,1-3H3,(H2,28,29,33). The van der Waals surface area contributed by atoms with Gasteiger partial charge in [0, 0.05) is 41.6 Å². The lowest BCUT2D eigenvalue weighted by Gasteiger charge is -2.12. The molecule has 0 atom stereocenters. The van der Waals surface area contributed by atoms with Crippen molar-refractivity contribution in [1.82, 2.24) is 19.9 Å². The minimum absolute atomic E-state index is 0.0199. The second kappa shape index (κ2) is 9.94. The summed E-state index contributed by atoms with van der Waals surface area (Å²) in [7, 11) is 0. The predicted octanol–water partition coefficient (Wildman–Crippen LogP) is 4.80. The number of aliphatic hydroxyl groups excluding tert-OH is 1. The number of benzene rings is 1. The summed E-state index contributed by atoms with van der Waals surface area (Å²) in [6, 6.07) is 8.38. The summed E-state index contributed by atoms with van der Waals surface area (Å²) < 4.78 is 27.1. The average Bonchev–Trinajstić information content (AvgIpc) is 3.46. The van der Waals surface area contributed by atoms with Crippen LogP contribution < -0.4 is 15.4 Å². The molecule has 0 fully saturated rings. The van der Waals surface area contributed by atoms with E-state index < -0.39 is 11.8 Å². The number of halogens is 1. The molecule has 1 aromatic carbocycles. The molecule has 0 saturated carbocycles. The van der Waals surface area contributed by atoms with Crippen molar-refractivity contribution in [2.75, 3.05) is 17.2 Å². The SMILES string of the molecule is CC(C)(C)c1cc(NC(=O)Nc2ccc(Oc3ccnc(-c4cnn(CCO)c4)c3)cc2F)on1. The van der Waals surface area contributed by atoms with E-state index >= 15 is 0 Å². The number of rotatable bonds is 7. The van der Waals surface area contributed by atoms with Crippen LogP contribution in [0.1, 0.15) is 26.5 Å². The third-order valence-corrected chi connectivity index (χ3v) is 4.93. The van der Waals surface area contributed by atoms with E-state index in [1.807, 2.05) is 20.8 Å². The fourth-order valence-electron chi connectivity index (χ4n) is 3.10. The lowest BCUT2D eigenvalue weighted by molar-refractivity contribution is 0.261. The molecule has 2 amide bonds. The Hall–Kier alpha value is -4.25. The van der Waals surface area contributed by atoms with E-state index in [4.69, 9.17) is 14.4 Å². The Bertz CT molecular complexity index is 1330. The van der Waals surface area contributed by atoms with Gasteiger partial charge in [-0.15, -0.1) is 0 Å². The van der Waals surface area contributed by atoms with Gasteiger partial charge >= 0.3 is 6.03 Å². The maximum atomic E-state index is 14.6. The van der Waals surface area contributed by atoms with Crippen molar-refractivity contribution in [3.8, 4) is 22.8 Å². The third-order valence-electron chi connectivity index (χ3n) is 4.93. The van der Waals surface area contributed by atoms with Crippen molar-refractivity contribution in [1.29, 1.82) is 0 Å². The molecule has 3 N–H and O–H groups in total. The number of hydrogen-bond donors (Lipinski definition) is 3. The number of carbonyl (C=O) groups excluding carboxylic acids is 1. The number of pyridine rings is 1. The Morgan fingerprint density at radius 3 is 2.69 bits per heavy atom. The number of urea groups is 1. The molecule has 0 aliphatic rings. The van der Waals surface area contributed by atoms with Crippen LogP contribution >= 0.6 is 0 Å². The molecule has 35 heavy (non-hydrogen) atoms. The first-order chi connectivity index (χ1) is 16.7. The van der Waals surface area contributed by atoms with E-state index in [1.54, 1.807) is 41.5 Å². The number of carbonyl (C=O) groups is 1. The first kappa shape index (κ1) is 23.9. The van der Waals surface area contributed by atoms with Gasteiger partial charge < -0.3 is 19.7 Å². The highest BCUT2D eigenvalue weighted by atomic mass is 19.1. The normalized spacial score (nSPS) is 11.3. The highest BCUT2D eigenvalue weighted by Gasteiger charge is 2.20. The van der Waals surface area contributed by atoms with Crippen molar-refractivity contribution in [3.63, 3.8) is 0 Å². The molecule has 0 unspecified atom stereocenters. The molecule has 4 rings (SSSR count). The topological polar surface area (TPSA) is 127 Å². The van der Waals surface area contributed by atoms with Gasteiger partial charge in [0.15, 0.2) is 0 Å². The van der Waals surface area contributed by atoms with Gasteiger partial charge in [0.25, 0.3) is 0 Å². The van der Waals surface area contributed by atoms with Gasteiger partial charge in [0.05, 0.1) is 36.4 Å². The summed E-state index contributed by atoms with van der Waals surface area (Å²) in [4.78, 5) is 16.6. The zero-order valence-electron chi connectivity index (χ0n) is 19.4. The number of aromatic nitrogens is 4. The zero-order chi connectivity index (χ0) is 25.0. The minimum Gasteiger partial charge on any atom is -0.457 e. The fraction of sp³-hybridized carbons (Fsp3) is 0.250. The molecule has 3 heterocycles. The van der Waals surface area contributed by atoms with E-state index in [0.29, 0.717) is 23.7 Å². The van der Waals surface area contributed by atoms with Crippen LogP contribution in [0.25, 0.3) is 11.3 Å². The molecule has 0 aliphatic carbocycles. The predicted molar refractivity (Wildman–Crippen MR) is 127 cm³/mol.